The molecular formula is C28H29NO6. The minimum absolute atomic E-state index is 0.0802. The Bertz CT molecular complexity index is 1200. The summed E-state index contributed by atoms with van der Waals surface area (Å²) < 4.78 is 11.3. The first kappa shape index (κ1) is 25.4. The van der Waals surface area contributed by atoms with Gasteiger partial charge in [0, 0.05) is 5.57 Å². The van der Waals surface area contributed by atoms with Crippen LogP contribution in [0.2, 0.25) is 0 Å². The van der Waals surface area contributed by atoms with Crippen LogP contribution in [0.4, 0.5) is 5.69 Å². The molecule has 0 unspecified atom stereocenters. The molecule has 3 aromatic carbocycles. The number of hydrogen-bond acceptors (Lipinski definition) is 5. The Morgan fingerprint density at radius 3 is 2.37 bits per heavy atom. The van der Waals surface area contributed by atoms with Crippen LogP contribution in [0.5, 0.6) is 17.2 Å². The Balaban J connectivity index is 1.91. The maximum atomic E-state index is 13.2. The van der Waals surface area contributed by atoms with Gasteiger partial charge in [-0.05, 0) is 54.0 Å². The number of phenolic OH excluding ortho intramolecular Hbond substituents is 1. The number of carbonyl (C=O) groups excluding carboxylic acids is 1. The van der Waals surface area contributed by atoms with E-state index in [2.05, 4.69) is 12.2 Å². The highest BCUT2D eigenvalue weighted by molar-refractivity contribution is 6.29. The van der Waals surface area contributed by atoms with Crippen molar-refractivity contribution >= 4 is 29.2 Å². The number of rotatable bonds is 11. The highest BCUT2D eigenvalue weighted by Crippen LogP contribution is 2.31. The third-order valence-electron chi connectivity index (χ3n) is 5.33. The predicted octanol–water partition coefficient (Wildman–Crippen LogP) is 5.85. The number of aromatic carboxylic acids is 1. The Labute approximate surface area is 204 Å². The molecule has 0 spiro atoms. The minimum Gasteiger partial charge on any atom is -0.506 e. The van der Waals surface area contributed by atoms with Crippen LogP contribution in [0.1, 0.15) is 47.7 Å². The van der Waals surface area contributed by atoms with Crippen LogP contribution in [0.25, 0.3) is 11.6 Å². The number of aromatic hydroxyl groups is 1. The second kappa shape index (κ2) is 12.3. The van der Waals surface area contributed by atoms with Crippen molar-refractivity contribution in [1.82, 2.24) is 0 Å². The number of benzene rings is 3. The highest BCUT2D eigenvalue weighted by Gasteiger charge is 2.16. The molecule has 3 aromatic rings. The number of unbranched alkanes of at least 4 members (excludes halogenated alkanes) is 2. The summed E-state index contributed by atoms with van der Waals surface area (Å²) in [5.41, 5.74) is 1.78. The second-order valence-electron chi connectivity index (χ2n) is 7.88. The summed E-state index contributed by atoms with van der Waals surface area (Å²) in [4.78, 5) is 24.4. The SMILES string of the molecule is CCCCCOc1ccc(/C=C(/C(=O)Nc2ccc(C(=O)O)cc2O)c2ccccc2)cc1OC. The fourth-order valence-electron chi connectivity index (χ4n) is 3.45. The lowest BCUT2D eigenvalue weighted by Gasteiger charge is -2.13. The zero-order chi connectivity index (χ0) is 25.2. The number of anilines is 1. The van der Waals surface area contributed by atoms with Crippen LogP contribution >= 0.6 is 0 Å². The molecule has 0 saturated carbocycles. The zero-order valence-electron chi connectivity index (χ0n) is 19.8. The van der Waals surface area contributed by atoms with Gasteiger partial charge in [0.05, 0.1) is 25.0 Å². The van der Waals surface area contributed by atoms with E-state index in [1.54, 1.807) is 31.4 Å². The van der Waals surface area contributed by atoms with E-state index in [-0.39, 0.29) is 17.0 Å². The summed E-state index contributed by atoms with van der Waals surface area (Å²) >= 11 is 0. The van der Waals surface area contributed by atoms with Crippen molar-refractivity contribution in [3.63, 3.8) is 0 Å². The van der Waals surface area contributed by atoms with Crippen molar-refractivity contribution in [1.29, 1.82) is 0 Å². The molecule has 182 valence electrons. The van der Waals surface area contributed by atoms with Gasteiger partial charge in [0.2, 0.25) is 0 Å². The molecule has 0 radical (unpaired) electrons. The van der Waals surface area contributed by atoms with Crippen LogP contribution in [0.3, 0.4) is 0 Å². The van der Waals surface area contributed by atoms with Crippen molar-refractivity contribution in [3.8, 4) is 17.2 Å². The van der Waals surface area contributed by atoms with E-state index in [1.807, 2.05) is 30.3 Å². The van der Waals surface area contributed by atoms with Crippen molar-refractivity contribution in [2.45, 2.75) is 26.2 Å². The van der Waals surface area contributed by atoms with Crippen molar-refractivity contribution in [2.24, 2.45) is 0 Å². The topological polar surface area (TPSA) is 105 Å². The number of hydrogen-bond donors (Lipinski definition) is 3. The average molecular weight is 476 g/mol. The Morgan fingerprint density at radius 1 is 0.943 bits per heavy atom. The fourth-order valence-corrected chi connectivity index (χ4v) is 3.45. The molecule has 35 heavy (non-hydrogen) atoms. The lowest BCUT2D eigenvalue weighted by atomic mass is 10.0. The van der Waals surface area contributed by atoms with E-state index in [0.717, 1.165) is 30.9 Å². The number of phenols is 1. The van der Waals surface area contributed by atoms with Gasteiger partial charge in [-0.2, -0.15) is 0 Å². The van der Waals surface area contributed by atoms with Gasteiger partial charge in [0.25, 0.3) is 5.91 Å². The molecule has 7 nitrogen and oxygen atoms in total. The summed E-state index contributed by atoms with van der Waals surface area (Å²) in [5, 5.41) is 22.0. The second-order valence-corrected chi connectivity index (χ2v) is 7.88. The molecule has 0 aliphatic rings. The number of methoxy groups -OCH3 is 1. The van der Waals surface area contributed by atoms with Gasteiger partial charge in [-0.15, -0.1) is 0 Å². The number of carbonyl (C=O) groups is 2. The van der Waals surface area contributed by atoms with E-state index in [1.165, 1.54) is 12.1 Å². The van der Waals surface area contributed by atoms with E-state index < -0.39 is 11.9 Å². The zero-order valence-corrected chi connectivity index (χ0v) is 19.8. The molecule has 0 bridgehead atoms. The van der Waals surface area contributed by atoms with Gasteiger partial charge in [0.1, 0.15) is 5.75 Å². The maximum Gasteiger partial charge on any atom is 0.335 e. The Kier molecular flexibility index (Phi) is 8.89. The highest BCUT2D eigenvalue weighted by atomic mass is 16.5. The molecule has 3 N–H and O–H groups in total. The summed E-state index contributed by atoms with van der Waals surface area (Å²) in [6.45, 7) is 2.73. The van der Waals surface area contributed by atoms with Gasteiger partial charge in [-0.3, -0.25) is 4.79 Å². The van der Waals surface area contributed by atoms with Crippen LogP contribution in [0, 0.1) is 0 Å². The first-order valence-corrected chi connectivity index (χ1v) is 11.4. The first-order chi connectivity index (χ1) is 16.9. The molecular weight excluding hydrogens is 446 g/mol. The lowest BCUT2D eigenvalue weighted by Crippen LogP contribution is -2.14. The van der Waals surface area contributed by atoms with Crippen molar-refractivity contribution in [2.75, 3.05) is 19.0 Å². The largest absolute Gasteiger partial charge is 0.506 e. The molecule has 0 aromatic heterocycles. The summed E-state index contributed by atoms with van der Waals surface area (Å²) in [6.07, 6.45) is 4.87. The standard InChI is InChI=1S/C28H29NO6/c1-3-4-8-15-35-25-14-11-19(17-26(25)34-2)16-22(20-9-6-5-7-10-20)27(31)29-23-13-12-21(28(32)33)18-24(23)30/h5-7,9-14,16-18,30H,3-4,8,15H2,1-2H3,(H,29,31)(H,32,33)/b22-16+. The number of carboxylic acid groups (broad SMARTS) is 1. The molecule has 1 amide bonds. The average Bonchev–Trinajstić information content (AvgIpc) is 2.87. The van der Waals surface area contributed by atoms with Gasteiger partial charge in [-0.25, -0.2) is 4.79 Å². The van der Waals surface area contributed by atoms with Crippen LogP contribution < -0.4 is 14.8 Å². The molecule has 0 aliphatic heterocycles. The first-order valence-electron chi connectivity index (χ1n) is 11.4. The molecule has 3 rings (SSSR count). The van der Waals surface area contributed by atoms with E-state index in [4.69, 9.17) is 14.6 Å². The smallest absolute Gasteiger partial charge is 0.335 e. The normalized spacial score (nSPS) is 11.1. The molecule has 0 atom stereocenters. The summed E-state index contributed by atoms with van der Waals surface area (Å²) in [6, 6.07) is 18.3. The van der Waals surface area contributed by atoms with E-state index in [9.17, 15) is 14.7 Å². The Hall–Kier alpha value is -4.26. The van der Waals surface area contributed by atoms with Crippen LogP contribution in [-0.2, 0) is 4.79 Å². The lowest BCUT2D eigenvalue weighted by molar-refractivity contribution is -0.111. The third kappa shape index (κ3) is 6.86. The third-order valence-corrected chi connectivity index (χ3v) is 5.33. The van der Waals surface area contributed by atoms with Gasteiger partial charge in [0.15, 0.2) is 11.5 Å². The molecule has 7 heteroatoms. The van der Waals surface area contributed by atoms with Gasteiger partial charge < -0.3 is 25.0 Å². The molecule has 0 aliphatic carbocycles. The monoisotopic (exact) mass is 475 g/mol. The molecule has 0 saturated heterocycles. The minimum atomic E-state index is -1.17. The number of carboxylic acids is 1. The fraction of sp³-hybridized carbons (Fsp3) is 0.214. The van der Waals surface area contributed by atoms with Crippen molar-refractivity contribution in [3.05, 3.63) is 83.4 Å². The van der Waals surface area contributed by atoms with E-state index >= 15 is 0 Å². The summed E-state index contributed by atoms with van der Waals surface area (Å²) in [5.74, 6) is -0.778. The predicted molar refractivity (Wildman–Crippen MR) is 136 cm³/mol. The molecule has 0 fully saturated rings. The van der Waals surface area contributed by atoms with E-state index in [0.29, 0.717) is 29.2 Å². The van der Waals surface area contributed by atoms with Crippen molar-refractivity contribution < 1.29 is 29.3 Å². The quantitative estimate of drug-likeness (QED) is 0.139. The Morgan fingerprint density at radius 2 is 1.71 bits per heavy atom. The molecule has 0 heterocycles. The number of amides is 1. The van der Waals surface area contributed by atoms with Crippen LogP contribution in [-0.4, -0.2) is 35.8 Å². The number of ether oxygens (including phenoxy) is 2. The maximum absolute atomic E-state index is 13.2. The summed E-state index contributed by atoms with van der Waals surface area (Å²) in [7, 11) is 1.57. The van der Waals surface area contributed by atoms with Gasteiger partial charge >= 0.3 is 5.97 Å². The number of nitrogens with one attached hydrogen (secondary N) is 1. The van der Waals surface area contributed by atoms with Gasteiger partial charge in [-0.1, -0.05) is 56.2 Å². The van der Waals surface area contributed by atoms with Crippen LogP contribution in [0.15, 0.2) is 66.7 Å².